The number of ether oxygens (including phenoxy) is 1. The van der Waals surface area contributed by atoms with E-state index in [1.165, 1.54) is 35.7 Å². The highest BCUT2D eigenvalue weighted by atomic mass is 32.2. The molecule has 1 aliphatic carbocycles. The number of nitrogens with one attached hydrogen (secondary N) is 1. The van der Waals surface area contributed by atoms with E-state index in [1.807, 2.05) is 0 Å². The van der Waals surface area contributed by atoms with E-state index in [0.717, 1.165) is 30.0 Å². The van der Waals surface area contributed by atoms with Crippen LogP contribution in [0.15, 0.2) is 5.16 Å². The Labute approximate surface area is 171 Å². The molecule has 0 radical (unpaired) electrons. The highest BCUT2D eigenvalue weighted by Gasteiger charge is 2.23. The molecule has 11 heteroatoms. The molecule has 1 fully saturated rings. The summed E-state index contributed by atoms with van der Waals surface area (Å²) in [4.78, 5) is 28.7. The van der Waals surface area contributed by atoms with E-state index in [-0.39, 0.29) is 18.3 Å². The molecule has 9 nitrogen and oxygen atoms in total. The molecule has 0 saturated heterocycles. The number of amides is 1. The van der Waals surface area contributed by atoms with E-state index >= 15 is 0 Å². The predicted molar refractivity (Wildman–Crippen MR) is 108 cm³/mol. The largest absolute Gasteiger partial charge is 0.462 e. The molecule has 0 aliphatic heterocycles. The van der Waals surface area contributed by atoms with Gasteiger partial charge in [-0.3, -0.25) is 4.79 Å². The number of nitrogens with two attached hydrogens (primary N) is 1. The number of esters is 1. The average molecular weight is 425 g/mol. The number of hydrogen-bond donors (Lipinski definition) is 2. The molecule has 3 rings (SSSR count). The number of aryl methyl sites for hydroxylation is 1. The van der Waals surface area contributed by atoms with Crippen LogP contribution in [0.4, 0.5) is 5.13 Å². The minimum absolute atomic E-state index is 0.118. The SMILES string of the molecule is CCOC(=O)c1sc(NC(=O)CSc2nnc(C3CCCCC3)n2N)nc1C. The topological polar surface area (TPSA) is 125 Å². The van der Waals surface area contributed by atoms with Crippen LogP contribution in [0, 0.1) is 6.92 Å². The third-order valence-corrected chi connectivity index (χ3v) is 6.49. The Bertz CT molecular complexity index is 844. The van der Waals surface area contributed by atoms with Gasteiger partial charge in [-0.1, -0.05) is 42.4 Å². The first kappa shape index (κ1) is 20.6. The summed E-state index contributed by atoms with van der Waals surface area (Å²) in [5, 5.41) is 11.9. The first-order valence-electron chi connectivity index (χ1n) is 9.27. The summed E-state index contributed by atoms with van der Waals surface area (Å²) < 4.78 is 6.48. The zero-order chi connectivity index (χ0) is 20.1. The molecule has 2 aromatic rings. The summed E-state index contributed by atoms with van der Waals surface area (Å²) in [6.07, 6.45) is 5.78. The summed E-state index contributed by atoms with van der Waals surface area (Å²) >= 11 is 2.32. The monoisotopic (exact) mass is 424 g/mol. The second-order valence-corrected chi connectivity index (χ2v) is 8.48. The zero-order valence-corrected chi connectivity index (χ0v) is 17.6. The van der Waals surface area contributed by atoms with E-state index in [9.17, 15) is 9.59 Å². The maximum absolute atomic E-state index is 12.2. The Morgan fingerprint density at radius 2 is 2.07 bits per heavy atom. The summed E-state index contributed by atoms with van der Waals surface area (Å²) in [7, 11) is 0. The van der Waals surface area contributed by atoms with E-state index in [0.29, 0.717) is 26.8 Å². The fourth-order valence-electron chi connectivity index (χ4n) is 3.15. The predicted octanol–water partition coefficient (Wildman–Crippen LogP) is 2.71. The fraction of sp³-hybridized carbons (Fsp3) is 0.588. The smallest absolute Gasteiger partial charge is 0.350 e. The number of nitrogens with zero attached hydrogens (tertiary/aromatic N) is 4. The Morgan fingerprint density at radius 3 is 2.79 bits per heavy atom. The quantitative estimate of drug-likeness (QED) is 0.395. The molecule has 28 heavy (non-hydrogen) atoms. The zero-order valence-electron chi connectivity index (χ0n) is 15.9. The van der Waals surface area contributed by atoms with Gasteiger partial charge in [0, 0.05) is 5.92 Å². The molecular formula is C17H24N6O3S2. The molecule has 3 N–H and O–H groups in total. The molecule has 0 bridgehead atoms. The molecule has 0 aromatic carbocycles. The Hall–Kier alpha value is -2.14. The van der Waals surface area contributed by atoms with Gasteiger partial charge in [-0.15, -0.1) is 10.2 Å². The lowest BCUT2D eigenvalue weighted by Crippen LogP contribution is -2.19. The van der Waals surface area contributed by atoms with Crippen molar-refractivity contribution in [3.8, 4) is 0 Å². The van der Waals surface area contributed by atoms with Crippen LogP contribution in [0.5, 0.6) is 0 Å². The van der Waals surface area contributed by atoms with Crippen molar-refractivity contribution >= 4 is 40.1 Å². The lowest BCUT2D eigenvalue weighted by atomic mass is 9.89. The molecule has 0 atom stereocenters. The van der Waals surface area contributed by atoms with E-state index in [4.69, 9.17) is 10.6 Å². The Morgan fingerprint density at radius 1 is 1.32 bits per heavy atom. The molecule has 0 unspecified atom stereocenters. The number of hydrogen-bond acceptors (Lipinski definition) is 9. The maximum atomic E-state index is 12.2. The van der Waals surface area contributed by atoms with Gasteiger partial charge in [-0.2, -0.15) is 0 Å². The highest BCUT2D eigenvalue weighted by molar-refractivity contribution is 7.99. The minimum atomic E-state index is -0.432. The van der Waals surface area contributed by atoms with Crippen molar-refractivity contribution in [3.63, 3.8) is 0 Å². The number of aromatic nitrogens is 4. The average Bonchev–Trinajstić information content (AvgIpc) is 3.23. The van der Waals surface area contributed by atoms with Crippen LogP contribution in [0.2, 0.25) is 0 Å². The van der Waals surface area contributed by atoms with Crippen molar-refractivity contribution in [2.45, 2.75) is 57.0 Å². The molecule has 2 aromatic heterocycles. The van der Waals surface area contributed by atoms with Gasteiger partial charge in [0.15, 0.2) is 11.0 Å². The maximum Gasteiger partial charge on any atom is 0.350 e. The number of nitrogen functional groups attached to an aromatic ring is 1. The third-order valence-electron chi connectivity index (χ3n) is 4.50. The normalized spacial score (nSPS) is 14.8. The van der Waals surface area contributed by atoms with Crippen LogP contribution < -0.4 is 11.2 Å². The van der Waals surface area contributed by atoms with Crippen LogP contribution in [0.3, 0.4) is 0 Å². The number of carbonyl (C=O) groups excluding carboxylic acids is 2. The number of thiazole rings is 1. The Balaban J connectivity index is 1.55. The molecule has 1 saturated carbocycles. The standard InChI is InChI=1S/C17H24N6O3S2/c1-3-26-15(25)13-10(2)19-16(28-13)20-12(24)9-27-17-22-21-14(23(17)18)11-7-5-4-6-8-11/h11H,3-9,18H2,1-2H3,(H,19,20,24). The molecule has 2 heterocycles. The second-order valence-electron chi connectivity index (χ2n) is 6.54. The van der Waals surface area contributed by atoms with Crippen molar-refractivity contribution in [2.75, 3.05) is 23.5 Å². The molecule has 1 amide bonds. The first-order valence-corrected chi connectivity index (χ1v) is 11.1. The van der Waals surface area contributed by atoms with Crippen molar-refractivity contribution in [3.05, 3.63) is 16.4 Å². The highest BCUT2D eigenvalue weighted by Crippen LogP contribution is 2.32. The van der Waals surface area contributed by atoms with Crippen molar-refractivity contribution in [2.24, 2.45) is 0 Å². The van der Waals surface area contributed by atoms with Crippen LogP contribution in [0.1, 0.15) is 66.1 Å². The lowest BCUT2D eigenvalue weighted by molar-refractivity contribution is -0.113. The van der Waals surface area contributed by atoms with Crippen LogP contribution in [-0.2, 0) is 9.53 Å². The number of thioether (sulfide) groups is 1. The van der Waals surface area contributed by atoms with Gasteiger partial charge in [-0.05, 0) is 26.7 Å². The van der Waals surface area contributed by atoms with Gasteiger partial charge in [0.25, 0.3) is 0 Å². The number of carbonyl (C=O) groups is 2. The van der Waals surface area contributed by atoms with Crippen LogP contribution in [0.25, 0.3) is 0 Å². The van der Waals surface area contributed by atoms with Gasteiger partial charge < -0.3 is 15.9 Å². The Kier molecular flexibility index (Phi) is 6.89. The summed E-state index contributed by atoms with van der Waals surface area (Å²) in [6.45, 7) is 3.73. The fourth-order valence-corrected chi connectivity index (χ4v) is 4.69. The third kappa shape index (κ3) is 4.82. The number of rotatable bonds is 7. The van der Waals surface area contributed by atoms with Crippen LogP contribution in [-0.4, -0.2) is 44.1 Å². The van der Waals surface area contributed by atoms with Gasteiger partial charge in [0.1, 0.15) is 4.88 Å². The van der Waals surface area contributed by atoms with Crippen molar-refractivity contribution in [1.82, 2.24) is 19.9 Å². The summed E-state index contributed by atoms with van der Waals surface area (Å²) in [5.74, 6) is 6.70. The van der Waals surface area contributed by atoms with E-state index < -0.39 is 5.97 Å². The van der Waals surface area contributed by atoms with Crippen molar-refractivity contribution in [1.29, 1.82) is 0 Å². The summed E-state index contributed by atoms with van der Waals surface area (Å²) in [6, 6.07) is 0. The molecule has 1 aliphatic rings. The van der Waals surface area contributed by atoms with Gasteiger partial charge in [-0.25, -0.2) is 14.5 Å². The van der Waals surface area contributed by atoms with E-state index in [2.05, 4.69) is 20.5 Å². The van der Waals surface area contributed by atoms with Gasteiger partial charge in [0.05, 0.1) is 18.1 Å². The van der Waals surface area contributed by atoms with Crippen molar-refractivity contribution < 1.29 is 14.3 Å². The first-order chi connectivity index (χ1) is 13.5. The van der Waals surface area contributed by atoms with Gasteiger partial charge in [0.2, 0.25) is 11.1 Å². The minimum Gasteiger partial charge on any atom is -0.462 e. The molecule has 0 spiro atoms. The second kappa shape index (κ2) is 9.37. The summed E-state index contributed by atoms with van der Waals surface area (Å²) in [5.41, 5.74) is 0.533. The van der Waals surface area contributed by atoms with Crippen LogP contribution >= 0.6 is 23.1 Å². The number of anilines is 1. The lowest BCUT2D eigenvalue weighted by Gasteiger charge is -2.20. The molecule has 152 valence electrons. The van der Waals surface area contributed by atoms with E-state index in [1.54, 1.807) is 13.8 Å². The molecular weight excluding hydrogens is 400 g/mol. The van der Waals surface area contributed by atoms with Gasteiger partial charge >= 0.3 is 5.97 Å².